The van der Waals surface area contributed by atoms with Crippen molar-refractivity contribution in [2.24, 2.45) is 0 Å². The van der Waals surface area contributed by atoms with Gasteiger partial charge in [-0.2, -0.15) is 0 Å². The Kier molecular flexibility index (Phi) is 10.8. The highest BCUT2D eigenvalue weighted by molar-refractivity contribution is 5.74. The molecule has 248 valence electrons. The number of rotatable bonds is 12. The van der Waals surface area contributed by atoms with E-state index in [9.17, 15) is 8.78 Å². The molecule has 0 aliphatic carbocycles. The minimum Gasteiger partial charge on any atom is -0.207 e. The standard InChI is InChI=1S/C47H46F2/c1-32-34(3)46(42-16-12-38(13-17-42)40-20-26-44(48)27-21-40)30-24-36(32)10-8-6-5-7-9-11-37-25-31-47(35(4)33(37)2)43-18-14-39(15-19-43)41-22-28-45(49)29-23-41/h12-31H,5-11H2,1-4H3. The van der Waals surface area contributed by atoms with Crippen LogP contribution in [0, 0.1) is 39.3 Å². The molecule has 2 heteroatoms. The van der Waals surface area contributed by atoms with Crippen LogP contribution < -0.4 is 0 Å². The highest BCUT2D eigenvalue weighted by atomic mass is 19.1. The fourth-order valence-corrected chi connectivity index (χ4v) is 7.05. The largest absolute Gasteiger partial charge is 0.207 e. The first-order chi connectivity index (χ1) is 23.8. The lowest BCUT2D eigenvalue weighted by Crippen LogP contribution is -1.97. The molecule has 49 heavy (non-hydrogen) atoms. The van der Waals surface area contributed by atoms with E-state index < -0.39 is 0 Å². The Morgan fingerprint density at radius 2 is 0.592 bits per heavy atom. The predicted octanol–water partition coefficient (Wildman–Crippen LogP) is 13.6. The normalized spacial score (nSPS) is 11.2. The van der Waals surface area contributed by atoms with Gasteiger partial charge in [0.25, 0.3) is 0 Å². The van der Waals surface area contributed by atoms with Crippen LogP contribution in [0.5, 0.6) is 0 Å². The van der Waals surface area contributed by atoms with Gasteiger partial charge in [0.2, 0.25) is 0 Å². The van der Waals surface area contributed by atoms with Crippen molar-refractivity contribution in [3.63, 3.8) is 0 Å². The molecule has 6 aromatic rings. The van der Waals surface area contributed by atoms with Gasteiger partial charge in [-0.05, 0) is 156 Å². The summed E-state index contributed by atoms with van der Waals surface area (Å²) in [6.45, 7) is 9.01. The molecule has 0 aliphatic rings. The Hall–Kier alpha value is -4.82. The van der Waals surface area contributed by atoms with E-state index >= 15 is 0 Å². The average Bonchev–Trinajstić information content (AvgIpc) is 3.12. The van der Waals surface area contributed by atoms with Crippen molar-refractivity contribution in [1.82, 2.24) is 0 Å². The summed E-state index contributed by atoms with van der Waals surface area (Å²) in [4.78, 5) is 0. The van der Waals surface area contributed by atoms with Gasteiger partial charge in [-0.25, -0.2) is 8.78 Å². The quantitative estimate of drug-likeness (QED) is 0.116. The molecule has 0 amide bonds. The van der Waals surface area contributed by atoms with Gasteiger partial charge in [-0.3, -0.25) is 0 Å². The van der Waals surface area contributed by atoms with Crippen molar-refractivity contribution < 1.29 is 8.78 Å². The highest BCUT2D eigenvalue weighted by Crippen LogP contribution is 2.32. The molecule has 0 saturated heterocycles. The Morgan fingerprint density at radius 1 is 0.306 bits per heavy atom. The molecule has 0 N–H and O–H groups in total. The zero-order valence-corrected chi connectivity index (χ0v) is 29.3. The first-order valence-electron chi connectivity index (χ1n) is 17.7. The van der Waals surface area contributed by atoms with Gasteiger partial charge in [0.15, 0.2) is 0 Å². The molecule has 0 aromatic heterocycles. The van der Waals surface area contributed by atoms with Crippen molar-refractivity contribution >= 4 is 0 Å². The van der Waals surface area contributed by atoms with Crippen LogP contribution in [0.2, 0.25) is 0 Å². The van der Waals surface area contributed by atoms with E-state index in [1.807, 2.05) is 24.3 Å². The van der Waals surface area contributed by atoms with Gasteiger partial charge in [0.1, 0.15) is 11.6 Å². The molecule has 6 rings (SSSR count). The SMILES string of the molecule is Cc1c(CCCCCCCc2ccc(-c3ccc(-c4ccc(F)cc4)cc3)c(C)c2C)ccc(-c2ccc(-c3ccc(F)cc3)cc2)c1C. The number of hydrogen-bond acceptors (Lipinski definition) is 0. The second-order valence-electron chi connectivity index (χ2n) is 13.5. The van der Waals surface area contributed by atoms with Crippen molar-refractivity contribution in [2.45, 2.75) is 72.6 Å². The zero-order valence-electron chi connectivity index (χ0n) is 29.3. The summed E-state index contributed by atoms with van der Waals surface area (Å²) in [7, 11) is 0. The second kappa shape index (κ2) is 15.6. The first-order valence-corrected chi connectivity index (χ1v) is 17.7. The molecule has 0 unspecified atom stereocenters. The molecule has 0 spiro atoms. The van der Waals surface area contributed by atoms with E-state index in [-0.39, 0.29) is 11.6 Å². The lowest BCUT2D eigenvalue weighted by atomic mass is 9.90. The monoisotopic (exact) mass is 648 g/mol. The van der Waals surface area contributed by atoms with E-state index in [4.69, 9.17) is 0 Å². The maximum Gasteiger partial charge on any atom is 0.123 e. The number of benzene rings is 6. The molecule has 0 saturated carbocycles. The molecular weight excluding hydrogens is 603 g/mol. The summed E-state index contributed by atoms with van der Waals surface area (Å²) in [5, 5.41) is 0. The Balaban J connectivity index is 0.962. The summed E-state index contributed by atoms with van der Waals surface area (Å²) >= 11 is 0. The Morgan fingerprint density at radius 3 is 0.939 bits per heavy atom. The first kappa shape index (κ1) is 34.1. The molecule has 0 atom stereocenters. The molecule has 6 aromatic carbocycles. The predicted molar refractivity (Wildman–Crippen MR) is 204 cm³/mol. The van der Waals surface area contributed by atoms with Crippen LogP contribution in [0.4, 0.5) is 8.78 Å². The highest BCUT2D eigenvalue weighted by Gasteiger charge is 2.11. The van der Waals surface area contributed by atoms with Crippen LogP contribution in [0.15, 0.2) is 121 Å². The van der Waals surface area contributed by atoms with E-state index in [1.54, 1.807) is 0 Å². The lowest BCUT2D eigenvalue weighted by Gasteiger charge is -2.15. The van der Waals surface area contributed by atoms with Crippen LogP contribution in [0.1, 0.15) is 65.5 Å². The molecule has 0 bridgehead atoms. The molecule has 0 radical (unpaired) electrons. The molecule has 0 fully saturated rings. The minimum atomic E-state index is -0.208. The van der Waals surface area contributed by atoms with Gasteiger partial charge in [-0.1, -0.05) is 116 Å². The molecule has 0 nitrogen and oxygen atoms in total. The van der Waals surface area contributed by atoms with Crippen molar-refractivity contribution in [3.05, 3.63) is 166 Å². The number of aryl methyl sites for hydroxylation is 2. The van der Waals surface area contributed by atoms with E-state index in [0.717, 1.165) is 35.1 Å². The van der Waals surface area contributed by atoms with Crippen LogP contribution >= 0.6 is 0 Å². The summed E-state index contributed by atoms with van der Waals surface area (Å²) in [5.41, 5.74) is 17.7. The van der Waals surface area contributed by atoms with E-state index in [0.29, 0.717) is 0 Å². The number of unbranched alkanes of at least 4 members (excludes halogenated alkanes) is 4. The Bertz CT molecular complexity index is 1850. The summed E-state index contributed by atoms with van der Waals surface area (Å²) < 4.78 is 26.6. The summed E-state index contributed by atoms with van der Waals surface area (Å²) in [6, 6.07) is 39.8. The molecule has 0 aliphatic heterocycles. The maximum atomic E-state index is 13.3. The fourth-order valence-electron chi connectivity index (χ4n) is 7.05. The topological polar surface area (TPSA) is 0 Å². The third-order valence-corrected chi connectivity index (χ3v) is 10.4. The van der Waals surface area contributed by atoms with Crippen molar-refractivity contribution in [2.75, 3.05) is 0 Å². The summed E-state index contributed by atoms with van der Waals surface area (Å²) in [5.74, 6) is -0.417. The maximum absolute atomic E-state index is 13.3. The molecule has 0 heterocycles. The summed E-state index contributed by atoms with van der Waals surface area (Å²) in [6.07, 6.45) is 8.48. The smallest absolute Gasteiger partial charge is 0.123 e. The number of halogens is 2. The van der Waals surface area contributed by atoms with Gasteiger partial charge < -0.3 is 0 Å². The molecular formula is C47H46F2. The van der Waals surface area contributed by atoms with Crippen molar-refractivity contribution in [1.29, 1.82) is 0 Å². The average molecular weight is 649 g/mol. The lowest BCUT2D eigenvalue weighted by molar-refractivity contribution is 0.612. The number of hydrogen-bond donors (Lipinski definition) is 0. The van der Waals surface area contributed by atoms with Crippen LogP contribution in [-0.2, 0) is 12.8 Å². The van der Waals surface area contributed by atoms with Crippen LogP contribution in [-0.4, -0.2) is 0 Å². The fraction of sp³-hybridized carbons (Fsp3) is 0.234. The zero-order chi connectivity index (χ0) is 34.3. The van der Waals surface area contributed by atoms with Gasteiger partial charge >= 0.3 is 0 Å². The van der Waals surface area contributed by atoms with E-state index in [1.165, 1.54) is 112 Å². The van der Waals surface area contributed by atoms with Gasteiger partial charge in [0, 0.05) is 0 Å². The van der Waals surface area contributed by atoms with Crippen LogP contribution in [0.25, 0.3) is 44.5 Å². The second-order valence-corrected chi connectivity index (χ2v) is 13.5. The minimum absolute atomic E-state index is 0.208. The van der Waals surface area contributed by atoms with E-state index in [2.05, 4.69) is 100 Å². The Labute approximate surface area is 291 Å². The third kappa shape index (κ3) is 8.08. The van der Waals surface area contributed by atoms with Gasteiger partial charge in [-0.15, -0.1) is 0 Å². The third-order valence-electron chi connectivity index (χ3n) is 10.4. The van der Waals surface area contributed by atoms with Gasteiger partial charge in [0.05, 0.1) is 0 Å². The van der Waals surface area contributed by atoms with Crippen LogP contribution in [0.3, 0.4) is 0 Å². The van der Waals surface area contributed by atoms with Crippen molar-refractivity contribution in [3.8, 4) is 44.5 Å².